The van der Waals surface area contributed by atoms with Gasteiger partial charge in [0.05, 0.1) is 12.8 Å². The van der Waals surface area contributed by atoms with Gasteiger partial charge in [-0.3, -0.25) is 14.8 Å². The highest BCUT2D eigenvalue weighted by Gasteiger charge is 2.27. The Morgan fingerprint density at radius 2 is 1.94 bits per heavy atom. The third-order valence-electron chi connectivity index (χ3n) is 4.56. The minimum atomic E-state index is -0.650. The maximum Gasteiger partial charge on any atom is 0.319 e. The Morgan fingerprint density at radius 1 is 1.26 bits per heavy atom. The molecule has 0 fully saturated rings. The number of carbonyl (C=O) groups is 3. The number of urea groups is 1. The Bertz CT molecular complexity index is 770. The first-order valence-corrected chi connectivity index (χ1v) is 10.4. The topological polar surface area (TPSA) is 120 Å². The molecule has 4 amide bonds. The van der Waals surface area contributed by atoms with Gasteiger partial charge in [-0.05, 0) is 36.0 Å². The molecule has 0 radical (unpaired) electrons. The Balaban J connectivity index is 2.68. The molecule has 31 heavy (non-hydrogen) atoms. The summed E-state index contributed by atoms with van der Waals surface area (Å²) in [4.78, 5) is 38.1. The maximum atomic E-state index is 12.8. The fraction of sp³-hybridized carbons (Fsp3) is 0.571. The molecular formula is C21H33ClN4O5. The molecule has 0 heterocycles. The van der Waals surface area contributed by atoms with E-state index in [-0.39, 0.29) is 25.4 Å². The highest BCUT2D eigenvalue weighted by atomic mass is 35.5. The molecule has 0 saturated carbocycles. The van der Waals surface area contributed by atoms with Crippen molar-refractivity contribution in [2.24, 2.45) is 11.3 Å². The molecule has 1 aromatic rings. The molecule has 174 valence electrons. The fourth-order valence-electron chi connectivity index (χ4n) is 2.76. The van der Waals surface area contributed by atoms with Gasteiger partial charge in [-0.2, -0.15) is 0 Å². The molecule has 9 nitrogen and oxygen atoms in total. The molecule has 0 saturated heterocycles. The number of rotatable bonds is 11. The van der Waals surface area contributed by atoms with E-state index >= 15 is 0 Å². The van der Waals surface area contributed by atoms with Crippen LogP contribution in [0.2, 0.25) is 5.02 Å². The molecule has 0 unspecified atom stereocenters. The van der Waals surface area contributed by atoms with Crippen LogP contribution >= 0.6 is 11.6 Å². The van der Waals surface area contributed by atoms with Crippen molar-refractivity contribution < 1.29 is 24.3 Å². The van der Waals surface area contributed by atoms with Gasteiger partial charge in [-0.15, -0.1) is 0 Å². The highest BCUT2D eigenvalue weighted by Crippen LogP contribution is 2.27. The third kappa shape index (κ3) is 9.89. The number of hydrogen-bond donors (Lipinski definition) is 4. The molecule has 0 aromatic heterocycles. The van der Waals surface area contributed by atoms with Crippen LogP contribution in [-0.4, -0.2) is 54.7 Å². The van der Waals surface area contributed by atoms with E-state index in [2.05, 4.69) is 10.6 Å². The van der Waals surface area contributed by atoms with E-state index in [1.807, 2.05) is 27.7 Å². The minimum absolute atomic E-state index is 0.116. The monoisotopic (exact) mass is 456 g/mol. The normalized spacial score (nSPS) is 11.1. The number of carbonyl (C=O) groups excluding carboxylic acids is 3. The van der Waals surface area contributed by atoms with Gasteiger partial charge in [0.15, 0.2) is 0 Å². The summed E-state index contributed by atoms with van der Waals surface area (Å²) in [6.45, 7) is 8.14. The molecule has 0 spiro atoms. The van der Waals surface area contributed by atoms with E-state index in [9.17, 15) is 14.4 Å². The van der Waals surface area contributed by atoms with Gasteiger partial charge < -0.3 is 20.3 Å². The molecule has 10 heteroatoms. The quantitative estimate of drug-likeness (QED) is 0.301. The van der Waals surface area contributed by atoms with Gasteiger partial charge in [0, 0.05) is 24.5 Å². The number of ether oxygens (including phenoxy) is 1. The minimum Gasteiger partial charge on any atom is -0.495 e. The van der Waals surface area contributed by atoms with Gasteiger partial charge in [0.2, 0.25) is 5.91 Å². The lowest BCUT2D eigenvalue weighted by Crippen LogP contribution is -2.44. The van der Waals surface area contributed by atoms with Gasteiger partial charge in [-0.25, -0.2) is 10.3 Å². The van der Waals surface area contributed by atoms with Crippen molar-refractivity contribution in [1.82, 2.24) is 15.7 Å². The summed E-state index contributed by atoms with van der Waals surface area (Å²) >= 11 is 5.97. The van der Waals surface area contributed by atoms with Crippen LogP contribution in [0.15, 0.2) is 18.2 Å². The molecule has 1 aromatic carbocycles. The second-order valence-electron chi connectivity index (χ2n) is 8.53. The van der Waals surface area contributed by atoms with Crippen molar-refractivity contribution in [3.63, 3.8) is 0 Å². The Labute approximate surface area is 188 Å². The van der Waals surface area contributed by atoms with Crippen LogP contribution in [0.1, 0.15) is 40.5 Å². The second kappa shape index (κ2) is 12.4. The molecule has 1 rings (SSSR count). The first-order valence-electron chi connectivity index (χ1n) is 10.1. The van der Waals surface area contributed by atoms with Crippen LogP contribution < -0.4 is 20.9 Å². The zero-order valence-electron chi connectivity index (χ0n) is 18.8. The van der Waals surface area contributed by atoms with Crippen molar-refractivity contribution in [1.29, 1.82) is 0 Å². The average molecular weight is 457 g/mol. The van der Waals surface area contributed by atoms with Crippen molar-refractivity contribution in [3.8, 4) is 5.75 Å². The van der Waals surface area contributed by atoms with E-state index in [0.29, 0.717) is 28.9 Å². The predicted molar refractivity (Wildman–Crippen MR) is 119 cm³/mol. The highest BCUT2D eigenvalue weighted by molar-refractivity contribution is 6.31. The van der Waals surface area contributed by atoms with Crippen LogP contribution in [0.3, 0.4) is 0 Å². The van der Waals surface area contributed by atoms with Gasteiger partial charge in [0.1, 0.15) is 12.3 Å². The number of nitrogens with zero attached hydrogens (tertiary/aromatic N) is 1. The van der Waals surface area contributed by atoms with Gasteiger partial charge in [0.25, 0.3) is 5.91 Å². The zero-order valence-corrected chi connectivity index (χ0v) is 19.5. The summed E-state index contributed by atoms with van der Waals surface area (Å²) in [5, 5.41) is 14.7. The number of hydroxylamine groups is 1. The summed E-state index contributed by atoms with van der Waals surface area (Å²) in [7, 11) is 1.49. The summed E-state index contributed by atoms with van der Waals surface area (Å²) < 4.78 is 5.20. The molecule has 0 aliphatic carbocycles. The first-order chi connectivity index (χ1) is 14.5. The number of nitrogens with one attached hydrogen (secondary N) is 3. The second-order valence-corrected chi connectivity index (χ2v) is 8.96. The van der Waals surface area contributed by atoms with Gasteiger partial charge >= 0.3 is 6.03 Å². The lowest BCUT2D eigenvalue weighted by atomic mass is 9.88. The Kier molecular flexibility index (Phi) is 10.6. The van der Waals surface area contributed by atoms with E-state index < -0.39 is 17.4 Å². The third-order valence-corrected chi connectivity index (χ3v) is 4.79. The van der Waals surface area contributed by atoms with Gasteiger partial charge in [-0.1, -0.05) is 39.3 Å². The molecular weight excluding hydrogens is 424 g/mol. The van der Waals surface area contributed by atoms with E-state index in [4.69, 9.17) is 21.5 Å². The lowest BCUT2D eigenvalue weighted by Gasteiger charge is -2.29. The van der Waals surface area contributed by atoms with Crippen LogP contribution in [0.25, 0.3) is 0 Å². The first kappa shape index (κ1) is 26.5. The van der Waals surface area contributed by atoms with Crippen molar-refractivity contribution in [2.75, 3.05) is 32.1 Å². The number of halogens is 1. The molecule has 0 atom stereocenters. The van der Waals surface area contributed by atoms with Crippen LogP contribution in [0.5, 0.6) is 5.75 Å². The Hall–Kier alpha value is -2.52. The number of hydrogen-bond acceptors (Lipinski definition) is 5. The molecule has 4 N–H and O–H groups in total. The van der Waals surface area contributed by atoms with Crippen molar-refractivity contribution in [3.05, 3.63) is 23.2 Å². The van der Waals surface area contributed by atoms with Crippen molar-refractivity contribution >= 4 is 35.1 Å². The fourth-order valence-corrected chi connectivity index (χ4v) is 2.93. The summed E-state index contributed by atoms with van der Waals surface area (Å²) in [6, 6.07) is 4.42. The van der Waals surface area contributed by atoms with Crippen LogP contribution in [-0.2, 0) is 9.59 Å². The summed E-state index contributed by atoms with van der Waals surface area (Å²) in [5.74, 6) is -0.0536. The predicted octanol–water partition coefficient (Wildman–Crippen LogP) is 3.27. The van der Waals surface area contributed by atoms with E-state index in [0.717, 1.165) is 6.42 Å². The summed E-state index contributed by atoms with van der Waals surface area (Å²) in [6.07, 6.45) is 0.845. The Morgan fingerprint density at radius 3 is 2.52 bits per heavy atom. The standard InChI is InChI=1S/C21H33ClN4O5/c1-14(2)8-9-26(12-18(27)25-30)19(28)11-21(3,4)13-23-20(29)24-16-10-15(22)6-7-17(16)31-5/h6-7,10,14,30H,8-9,11-13H2,1-5H3,(H,25,27)(H2,23,24,29). The van der Waals surface area contributed by atoms with Crippen molar-refractivity contribution in [2.45, 2.75) is 40.5 Å². The SMILES string of the molecule is COc1ccc(Cl)cc1NC(=O)NCC(C)(C)CC(=O)N(CCC(C)C)CC(=O)NO. The van der Waals surface area contributed by atoms with Crippen LogP contribution in [0, 0.1) is 11.3 Å². The lowest BCUT2D eigenvalue weighted by molar-refractivity contribution is -0.140. The number of anilines is 1. The number of benzene rings is 1. The smallest absolute Gasteiger partial charge is 0.319 e. The molecule has 0 bridgehead atoms. The van der Waals surface area contributed by atoms with E-state index in [1.54, 1.807) is 23.7 Å². The molecule has 0 aliphatic rings. The molecule has 0 aliphatic heterocycles. The maximum absolute atomic E-state index is 12.8. The van der Waals surface area contributed by atoms with Crippen LogP contribution in [0.4, 0.5) is 10.5 Å². The number of amides is 4. The van der Waals surface area contributed by atoms with E-state index in [1.165, 1.54) is 12.0 Å². The zero-order chi connectivity index (χ0) is 23.6. The number of methoxy groups -OCH3 is 1. The summed E-state index contributed by atoms with van der Waals surface area (Å²) in [5.41, 5.74) is 1.42. The average Bonchev–Trinajstić information content (AvgIpc) is 2.69. The largest absolute Gasteiger partial charge is 0.495 e.